The maximum absolute atomic E-state index is 12.9. The third-order valence-corrected chi connectivity index (χ3v) is 3.66. The summed E-state index contributed by atoms with van der Waals surface area (Å²) in [5.74, 6) is 0.328. The molecule has 140 valence electrons. The summed E-state index contributed by atoms with van der Waals surface area (Å²) >= 11 is 0. The normalized spacial score (nSPS) is 11.3. The van der Waals surface area contributed by atoms with Gasteiger partial charge in [-0.15, -0.1) is 5.10 Å². The number of hydrogen-bond acceptors (Lipinski definition) is 5. The highest BCUT2D eigenvalue weighted by Gasteiger charge is 2.29. The van der Waals surface area contributed by atoms with Crippen molar-refractivity contribution < 1.29 is 17.6 Å². The Bertz CT molecular complexity index is 880. The van der Waals surface area contributed by atoms with Gasteiger partial charge in [-0.1, -0.05) is 12.1 Å². The first-order valence-electron chi connectivity index (χ1n) is 8.02. The van der Waals surface area contributed by atoms with Gasteiger partial charge in [0, 0.05) is 12.2 Å². The van der Waals surface area contributed by atoms with Gasteiger partial charge in [-0.05, 0) is 48.4 Å². The largest absolute Gasteiger partial charge is 0.416 e. The quantitative estimate of drug-likeness (QED) is 0.623. The third-order valence-electron chi connectivity index (χ3n) is 3.66. The molecule has 2 aromatic carbocycles. The summed E-state index contributed by atoms with van der Waals surface area (Å²) in [5, 5.41) is 13.5. The summed E-state index contributed by atoms with van der Waals surface area (Å²) < 4.78 is 50.6. The Labute approximate surface area is 152 Å². The standard InChI is InChI=1S/C18H15F4N5/c19-14-5-1-12(2-6-14)9-10-23-16-11-24-27-17(26-16)25-15-7-3-13(4-8-15)18(20,21)22/h1-8,11H,9-10H2,(H2,23,25,26,27). The molecule has 0 aliphatic carbocycles. The number of aromatic nitrogens is 3. The highest BCUT2D eigenvalue weighted by molar-refractivity contribution is 5.54. The lowest BCUT2D eigenvalue weighted by Crippen LogP contribution is -2.09. The maximum atomic E-state index is 12.9. The van der Waals surface area contributed by atoms with Crippen LogP contribution in [0.25, 0.3) is 0 Å². The summed E-state index contributed by atoms with van der Waals surface area (Å²) in [5.41, 5.74) is 0.644. The van der Waals surface area contributed by atoms with Crippen molar-refractivity contribution in [2.75, 3.05) is 17.2 Å². The molecule has 3 aromatic rings. The SMILES string of the molecule is Fc1ccc(CCNc2cnnc(Nc3ccc(C(F)(F)F)cc3)n2)cc1. The minimum absolute atomic E-state index is 0.154. The van der Waals surface area contributed by atoms with Crippen LogP contribution in [0.4, 0.5) is 35.0 Å². The number of halogens is 4. The van der Waals surface area contributed by atoms with Gasteiger partial charge in [0.05, 0.1) is 11.8 Å². The molecule has 9 heteroatoms. The van der Waals surface area contributed by atoms with Crippen LogP contribution in [-0.4, -0.2) is 21.7 Å². The molecule has 1 heterocycles. The third kappa shape index (κ3) is 5.37. The number of nitrogens with zero attached hydrogens (tertiary/aromatic N) is 3. The Kier molecular flexibility index (Phi) is 5.49. The van der Waals surface area contributed by atoms with Gasteiger partial charge in [0.15, 0.2) is 5.82 Å². The average molecular weight is 377 g/mol. The van der Waals surface area contributed by atoms with Crippen LogP contribution in [0.2, 0.25) is 0 Å². The Hall–Kier alpha value is -3.23. The highest BCUT2D eigenvalue weighted by Crippen LogP contribution is 2.30. The van der Waals surface area contributed by atoms with Crippen molar-refractivity contribution in [2.45, 2.75) is 12.6 Å². The zero-order valence-electron chi connectivity index (χ0n) is 14.0. The van der Waals surface area contributed by atoms with Crippen LogP contribution in [0.3, 0.4) is 0 Å². The van der Waals surface area contributed by atoms with E-state index in [1.165, 1.54) is 30.5 Å². The second-order valence-electron chi connectivity index (χ2n) is 5.67. The molecule has 0 spiro atoms. The van der Waals surface area contributed by atoms with Crippen LogP contribution in [0.5, 0.6) is 0 Å². The molecule has 2 N–H and O–H groups in total. The predicted molar refractivity (Wildman–Crippen MR) is 93.1 cm³/mol. The Morgan fingerprint density at radius 1 is 0.926 bits per heavy atom. The summed E-state index contributed by atoms with van der Waals surface area (Å²) in [4.78, 5) is 4.21. The minimum atomic E-state index is -4.38. The average Bonchev–Trinajstić information content (AvgIpc) is 2.63. The molecule has 3 rings (SSSR count). The van der Waals surface area contributed by atoms with E-state index in [2.05, 4.69) is 25.8 Å². The molecule has 0 saturated heterocycles. The molecule has 0 radical (unpaired) electrons. The first kappa shape index (κ1) is 18.6. The van der Waals surface area contributed by atoms with Crippen molar-refractivity contribution in [2.24, 2.45) is 0 Å². The minimum Gasteiger partial charge on any atom is -0.368 e. The number of benzene rings is 2. The van der Waals surface area contributed by atoms with Gasteiger partial charge in [0.1, 0.15) is 5.82 Å². The van der Waals surface area contributed by atoms with Crippen LogP contribution in [0, 0.1) is 5.82 Å². The molecule has 0 saturated carbocycles. The van der Waals surface area contributed by atoms with Crippen LogP contribution in [0.1, 0.15) is 11.1 Å². The van der Waals surface area contributed by atoms with E-state index in [-0.39, 0.29) is 11.8 Å². The van der Waals surface area contributed by atoms with Crippen LogP contribution < -0.4 is 10.6 Å². The monoisotopic (exact) mass is 377 g/mol. The molecular formula is C18H15F4N5. The van der Waals surface area contributed by atoms with Gasteiger partial charge >= 0.3 is 6.18 Å². The molecule has 0 aliphatic heterocycles. The number of anilines is 3. The van der Waals surface area contributed by atoms with Crippen molar-refractivity contribution >= 4 is 17.5 Å². The molecule has 1 aromatic heterocycles. The van der Waals surface area contributed by atoms with Crippen molar-refractivity contribution in [1.82, 2.24) is 15.2 Å². The molecule has 0 atom stereocenters. The molecule has 0 fully saturated rings. The fourth-order valence-electron chi connectivity index (χ4n) is 2.30. The molecule has 5 nitrogen and oxygen atoms in total. The van der Waals surface area contributed by atoms with E-state index in [0.29, 0.717) is 24.5 Å². The summed E-state index contributed by atoms with van der Waals surface area (Å²) in [6.07, 6.45) is -2.29. The molecule has 27 heavy (non-hydrogen) atoms. The zero-order valence-corrected chi connectivity index (χ0v) is 14.0. The van der Waals surface area contributed by atoms with Gasteiger partial charge in [-0.2, -0.15) is 23.3 Å². The molecule has 0 bridgehead atoms. The fourth-order valence-corrected chi connectivity index (χ4v) is 2.30. The number of rotatable bonds is 6. The smallest absolute Gasteiger partial charge is 0.368 e. The lowest BCUT2D eigenvalue weighted by atomic mass is 10.1. The van der Waals surface area contributed by atoms with Crippen molar-refractivity contribution in [3.8, 4) is 0 Å². The summed E-state index contributed by atoms with van der Waals surface area (Å²) in [6.45, 7) is 0.546. The van der Waals surface area contributed by atoms with E-state index >= 15 is 0 Å². The first-order valence-corrected chi connectivity index (χ1v) is 8.02. The van der Waals surface area contributed by atoms with E-state index in [1.807, 2.05) is 0 Å². The molecule has 0 amide bonds. The first-order chi connectivity index (χ1) is 12.9. The van der Waals surface area contributed by atoms with Crippen LogP contribution in [-0.2, 0) is 12.6 Å². The van der Waals surface area contributed by atoms with Gasteiger partial charge < -0.3 is 10.6 Å². The van der Waals surface area contributed by atoms with Crippen molar-refractivity contribution in [3.05, 3.63) is 71.7 Å². The van der Waals surface area contributed by atoms with Gasteiger partial charge in [-0.3, -0.25) is 0 Å². The lowest BCUT2D eigenvalue weighted by molar-refractivity contribution is -0.137. The summed E-state index contributed by atoms with van der Waals surface area (Å²) in [6, 6.07) is 10.7. The lowest BCUT2D eigenvalue weighted by Gasteiger charge is -2.09. The van der Waals surface area contributed by atoms with E-state index in [1.54, 1.807) is 12.1 Å². The predicted octanol–water partition coefficient (Wildman–Crippen LogP) is 4.43. The van der Waals surface area contributed by atoms with Gasteiger partial charge in [0.2, 0.25) is 5.95 Å². The Morgan fingerprint density at radius 2 is 1.63 bits per heavy atom. The summed E-state index contributed by atoms with van der Waals surface area (Å²) in [7, 11) is 0. The van der Waals surface area contributed by atoms with Crippen LogP contribution >= 0.6 is 0 Å². The highest BCUT2D eigenvalue weighted by atomic mass is 19.4. The number of nitrogens with one attached hydrogen (secondary N) is 2. The van der Waals surface area contributed by atoms with E-state index in [9.17, 15) is 17.6 Å². The van der Waals surface area contributed by atoms with E-state index in [4.69, 9.17) is 0 Å². The van der Waals surface area contributed by atoms with E-state index in [0.717, 1.165) is 17.7 Å². The van der Waals surface area contributed by atoms with Crippen LogP contribution in [0.15, 0.2) is 54.7 Å². The Morgan fingerprint density at radius 3 is 2.30 bits per heavy atom. The molecule has 0 aliphatic rings. The Balaban J connectivity index is 1.57. The topological polar surface area (TPSA) is 62.7 Å². The van der Waals surface area contributed by atoms with Gasteiger partial charge in [0.25, 0.3) is 0 Å². The van der Waals surface area contributed by atoms with E-state index < -0.39 is 11.7 Å². The zero-order chi connectivity index (χ0) is 19.3. The van der Waals surface area contributed by atoms with Gasteiger partial charge in [-0.25, -0.2) is 4.39 Å². The second-order valence-corrected chi connectivity index (χ2v) is 5.67. The number of alkyl halides is 3. The second kappa shape index (κ2) is 7.98. The maximum Gasteiger partial charge on any atom is 0.416 e. The molecule has 0 unspecified atom stereocenters. The molecular weight excluding hydrogens is 362 g/mol. The fraction of sp³-hybridized carbons (Fsp3) is 0.167. The number of hydrogen-bond donors (Lipinski definition) is 2. The van der Waals surface area contributed by atoms with Crippen molar-refractivity contribution in [3.63, 3.8) is 0 Å². The van der Waals surface area contributed by atoms with Crippen molar-refractivity contribution in [1.29, 1.82) is 0 Å².